The minimum Gasteiger partial charge on any atom is -0.493 e. The molecule has 0 heterocycles. The highest BCUT2D eigenvalue weighted by atomic mass is 35.5. The molecule has 0 aromatic heterocycles. The fraction of sp³-hybridized carbons (Fsp3) is 0.571. The third-order valence-electron chi connectivity index (χ3n) is 3.07. The molecule has 0 saturated heterocycles. The van der Waals surface area contributed by atoms with Crippen LogP contribution in [0.1, 0.15) is 25.3 Å². The summed E-state index contributed by atoms with van der Waals surface area (Å²) in [7, 11) is 1.64. The van der Waals surface area contributed by atoms with Gasteiger partial charge in [0.2, 0.25) is 0 Å². The van der Waals surface area contributed by atoms with Crippen LogP contribution in [0.2, 0.25) is 5.02 Å². The van der Waals surface area contributed by atoms with Crippen LogP contribution >= 0.6 is 11.6 Å². The largest absolute Gasteiger partial charge is 0.493 e. The molecule has 1 aromatic carbocycles. The summed E-state index contributed by atoms with van der Waals surface area (Å²) in [6, 6.07) is 3.72. The van der Waals surface area contributed by atoms with Crippen LogP contribution in [-0.4, -0.2) is 19.8 Å². The molecule has 4 heteroatoms. The standard InChI is InChI=1S/C14H20ClNO2/c1-9(16)7-11-12(15)5-6-13(17-2)14(11)18-8-10-3-4-10/h5-6,9-10H,3-4,7-8,16H2,1-2H3. The number of halogens is 1. The van der Waals surface area contributed by atoms with E-state index in [-0.39, 0.29) is 6.04 Å². The molecular weight excluding hydrogens is 250 g/mol. The summed E-state index contributed by atoms with van der Waals surface area (Å²) in [5.74, 6) is 2.18. The van der Waals surface area contributed by atoms with E-state index in [4.69, 9.17) is 26.8 Å². The van der Waals surface area contributed by atoms with E-state index in [1.54, 1.807) is 7.11 Å². The van der Waals surface area contributed by atoms with Crippen LogP contribution in [0.4, 0.5) is 0 Å². The van der Waals surface area contributed by atoms with Gasteiger partial charge in [0.05, 0.1) is 13.7 Å². The zero-order valence-corrected chi connectivity index (χ0v) is 11.7. The van der Waals surface area contributed by atoms with Gasteiger partial charge in [-0.1, -0.05) is 11.6 Å². The Morgan fingerprint density at radius 3 is 2.72 bits per heavy atom. The molecule has 1 saturated carbocycles. The van der Waals surface area contributed by atoms with Crippen molar-refractivity contribution in [2.75, 3.05) is 13.7 Å². The van der Waals surface area contributed by atoms with Gasteiger partial charge in [0.25, 0.3) is 0 Å². The number of rotatable bonds is 6. The van der Waals surface area contributed by atoms with E-state index in [1.165, 1.54) is 12.8 Å². The highest BCUT2D eigenvalue weighted by molar-refractivity contribution is 6.31. The molecule has 100 valence electrons. The van der Waals surface area contributed by atoms with E-state index in [1.807, 2.05) is 19.1 Å². The molecule has 1 aliphatic rings. The summed E-state index contributed by atoms with van der Waals surface area (Å²) in [4.78, 5) is 0. The highest BCUT2D eigenvalue weighted by Crippen LogP contribution is 2.38. The third-order valence-corrected chi connectivity index (χ3v) is 3.43. The zero-order valence-electron chi connectivity index (χ0n) is 10.9. The normalized spacial score (nSPS) is 16.4. The molecule has 0 bridgehead atoms. The number of hydrogen-bond acceptors (Lipinski definition) is 3. The Hall–Kier alpha value is -0.930. The summed E-state index contributed by atoms with van der Waals surface area (Å²) >= 11 is 6.24. The van der Waals surface area contributed by atoms with Gasteiger partial charge >= 0.3 is 0 Å². The first-order chi connectivity index (χ1) is 8.61. The highest BCUT2D eigenvalue weighted by Gasteiger charge is 2.24. The lowest BCUT2D eigenvalue weighted by Gasteiger charge is -2.17. The molecular formula is C14H20ClNO2. The van der Waals surface area contributed by atoms with Crippen molar-refractivity contribution in [3.05, 3.63) is 22.7 Å². The molecule has 2 N–H and O–H groups in total. The summed E-state index contributed by atoms with van der Waals surface area (Å²) in [5, 5.41) is 0.693. The maximum Gasteiger partial charge on any atom is 0.165 e. The van der Waals surface area contributed by atoms with Crippen LogP contribution in [-0.2, 0) is 6.42 Å². The maximum absolute atomic E-state index is 6.24. The van der Waals surface area contributed by atoms with Crippen LogP contribution in [0.15, 0.2) is 12.1 Å². The average molecular weight is 270 g/mol. The predicted molar refractivity (Wildman–Crippen MR) is 73.6 cm³/mol. The van der Waals surface area contributed by atoms with Crippen molar-refractivity contribution in [1.82, 2.24) is 0 Å². The van der Waals surface area contributed by atoms with Crippen molar-refractivity contribution in [3.63, 3.8) is 0 Å². The number of hydrogen-bond donors (Lipinski definition) is 1. The monoisotopic (exact) mass is 269 g/mol. The molecule has 1 unspecified atom stereocenters. The van der Waals surface area contributed by atoms with Crippen molar-refractivity contribution >= 4 is 11.6 Å². The van der Waals surface area contributed by atoms with Crippen molar-refractivity contribution < 1.29 is 9.47 Å². The van der Waals surface area contributed by atoms with Crippen molar-refractivity contribution in [2.45, 2.75) is 32.2 Å². The topological polar surface area (TPSA) is 44.5 Å². The maximum atomic E-state index is 6.24. The van der Waals surface area contributed by atoms with Gasteiger partial charge in [-0.2, -0.15) is 0 Å². The van der Waals surface area contributed by atoms with Crippen LogP contribution < -0.4 is 15.2 Å². The second-order valence-corrected chi connectivity index (χ2v) is 5.40. The van der Waals surface area contributed by atoms with E-state index in [9.17, 15) is 0 Å². The lowest BCUT2D eigenvalue weighted by Crippen LogP contribution is -2.19. The second-order valence-electron chi connectivity index (χ2n) is 4.99. The SMILES string of the molecule is COc1ccc(Cl)c(CC(C)N)c1OCC1CC1. The molecule has 1 atom stereocenters. The fourth-order valence-corrected chi connectivity index (χ4v) is 2.13. The molecule has 0 spiro atoms. The van der Waals surface area contributed by atoms with Crippen molar-refractivity contribution in [1.29, 1.82) is 0 Å². The first-order valence-corrected chi connectivity index (χ1v) is 6.73. The lowest BCUT2D eigenvalue weighted by atomic mass is 10.1. The number of methoxy groups -OCH3 is 1. The van der Waals surface area contributed by atoms with E-state index in [2.05, 4.69) is 0 Å². The van der Waals surface area contributed by atoms with Crippen LogP contribution in [0.5, 0.6) is 11.5 Å². The first kappa shape index (κ1) is 13.5. The van der Waals surface area contributed by atoms with Crippen LogP contribution in [0, 0.1) is 5.92 Å². The Kier molecular flexibility index (Phi) is 4.36. The lowest BCUT2D eigenvalue weighted by molar-refractivity contribution is 0.277. The van der Waals surface area contributed by atoms with E-state index in [0.717, 1.165) is 23.7 Å². The molecule has 2 rings (SSSR count). The Balaban J connectivity index is 2.26. The second kappa shape index (κ2) is 5.81. The molecule has 0 aliphatic heterocycles. The third kappa shape index (κ3) is 3.30. The van der Waals surface area contributed by atoms with Gasteiger partial charge in [-0.05, 0) is 44.2 Å². The zero-order chi connectivity index (χ0) is 13.1. The first-order valence-electron chi connectivity index (χ1n) is 6.35. The quantitative estimate of drug-likeness (QED) is 0.863. The van der Waals surface area contributed by atoms with Gasteiger partial charge in [0.1, 0.15) is 0 Å². The minimum atomic E-state index is 0.0397. The average Bonchev–Trinajstić information content (AvgIpc) is 3.13. The van der Waals surface area contributed by atoms with Gasteiger partial charge in [0, 0.05) is 16.6 Å². The van der Waals surface area contributed by atoms with E-state index in [0.29, 0.717) is 17.4 Å². The summed E-state index contributed by atoms with van der Waals surface area (Å²) in [6.07, 6.45) is 3.20. The Bertz CT molecular complexity index is 417. The number of nitrogens with two attached hydrogens (primary N) is 1. The summed E-state index contributed by atoms with van der Waals surface area (Å²) < 4.78 is 11.3. The fourth-order valence-electron chi connectivity index (χ4n) is 1.90. The Morgan fingerprint density at radius 2 is 2.17 bits per heavy atom. The van der Waals surface area contributed by atoms with Gasteiger partial charge in [0.15, 0.2) is 11.5 Å². The molecule has 0 radical (unpaired) electrons. The summed E-state index contributed by atoms with van der Waals surface area (Å²) in [5.41, 5.74) is 6.82. The molecule has 18 heavy (non-hydrogen) atoms. The smallest absolute Gasteiger partial charge is 0.165 e. The number of ether oxygens (including phenoxy) is 2. The van der Waals surface area contributed by atoms with Crippen LogP contribution in [0.25, 0.3) is 0 Å². The van der Waals surface area contributed by atoms with Crippen molar-refractivity contribution in [2.24, 2.45) is 11.7 Å². The van der Waals surface area contributed by atoms with Gasteiger partial charge < -0.3 is 15.2 Å². The summed E-state index contributed by atoms with van der Waals surface area (Å²) in [6.45, 7) is 2.70. The molecule has 0 amide bonds. The molecule has 1 aliphatic carbocycles. The minimum absolute atomic E-state index is 0.0397. The predicted octanol–water partition coefficient (Wildman–Crippen LogP) is 3.03. The van der Waals surface area contributed by atoms with E-state index >= 15 is 0 Å². The van der Waals surface area contributed by atoms with Crippen molar-refractivity contribution in [3.8, 4) is 11.5 Å². The van der Waals surface area contributed by atoms with Gasteiger partial charge in [-0.15, -0.1) is 0 Å². The molecule has 3 nitrogen and oxygen atoms in total. The molecule has 1 fully saturated rings. The van der Waals surface area contributed by atoms with Gasteiger partial charge in [-0.25, -0.2) is 0 Å². The Labute approximate surface area is 113 Å². The van der Waals surface area contributed by atoms with E-state index < -0.39 is 0 Å². The van der Waals surface area contributed by atoms with Crippen LogP contribution in [0.3, 0.4) is 0 Å². The number of benzene rings is 1. The molecule has 1 aromatic rings. The van der Waals surface area contributed by atoms with Gasteiger partial charge in [-0.3, -0.25) is 0 Å². The Morgan fingerprint density at radius 1 is 1.44 bits per heavy atom.